The van der Waals surface area contributed by atoms with Gasteiger partial charge in [-0.2, -0.15) is 0 Å². The van der Waals surface area contributed by atoms with E-state index in [4.69, 9.17) is 0 Å². The van der Waals surface area contributed by atoms with Gasteiger partial charge in [-0.25, -0.2) is 0 Å². The molecule has 0 aliphatic rings. The van der Waals surface area contributed by atoms with Crippen LogP contribution in [0.3, 0.4) is 0 Å². The lowest BCUT2D eigenvalue weighted by atomic mass is 9.89. The largest absolute Gasteiger partial charge is 0.351 e. The number of nitrogens with zero attached hydrogens (tertiary/aromatic N) is 3. The molecule has 4 aromatic rings. The molecule has 182 valence electrons. The van der Waals surface area contributed by atoms with E-state index in [1.54, 1.807) is 10.6 Å². The van der Waals surface area contributed by atoms with Crippen LogP contribution in [0.1, 0.15) is 51.2 Å². The van der Waals surface area contributed by atoms with E-state index in [1.165, 1.54) is 5.56 Å². The van der Waals surface area contributed by atoms with Crippen molar-refractivity contribution in [1.29, 1.82) is 0 Å². The monoisotopic (exact) mass is 470 g/mol. The van der Waals surface area contributed by atoms with E-state index in [9.17, 15) is 9.59 Å². The van der Waals surface area contributed by atoms with Gasteiger partial charge in [0.25, 0.3) is 11.8 Å². The number of carbonyl (C=O) groups is 2. The molecule has 2 heterocycles. The van der Waals surface area contributed by atoms with E-state index in [0.29, 0.717) is 24.2 Å². The number of amides is 2. The third-order valence-corrected chi connectivity index (χ3v) is 7.06. The number of aryl methyl sites for hydroxylation is 3. The highest BCUT2D eigenvalue weighted by molar-refractivity contribution is 6.07. The molecule has 0 bridgehead atoms. The summed E-state index contributed by atoms with van der Waals surface area (Å²) in [6.45, 7) is 4.66. The van der Waals surface area contributed by atoms with Gasteiger partial charge in [0.2, 0.25) is 0 Å². The Kier molecular flexibility index (Phi) is 7.10. The molecule has 2 amide bonds. The lowest BCUT2D eigenvalue weighted by Gasteiger charge is -2.34. The van der Waals surface area contributed by atoms with Crippen LogP contribution in [0.25, 0.3) is 10.9 Å². The predicted molar refractivity (Wildman–Crippen MR) is 141 cm³/mol. The molecule has 0 spiro atoms. The van der Waals surface area contributed by atoms with Gasteiger partial charge in [-0.1, -0.05) is 43.3 Å². The van der Waals surface area contributed by atoms with Crippen LogP contribution in [0.15, 0.2) is 73.1 Å². The smallest absolute Gasteiger partial charge is 0.267 e. The summed E-state index contributed by atoms with van der Waals surface area (Å²) in [5.74, 6) is -0.0260. The molecule has 0 saturated carbocycles. The lowest BCUT2D eigenvalue weighted by molar-refractivity contribution is 0.0704. The van der Waals surface area contributed by atoms with Crippen LogP contribution in [0, 0.1) is 6.92 Å². The topological polar surface area (TPSA) is 59.3 Å². The Hall–Kier alpha value is -3.80. The van der Waals surface area contributed by atoms with Crippen LogP contribution in [0.2, 0.25) is 0 Å². The summed E-state index contributed by atoms with van der Waals surface area (Å²) in [6.07, 6.45) is 4.55. The average Bonchev–Trinajstić information content (AvgIpc) is 3.43. The normalized spacial score (nSPS) is 12.9. The van der Waals surface area contributed by atoms with E-state index >= 15 is 0 Å². The molecule has 0 fully saturated rings. The van der Waals surface area contributed by atoms with Crippen LogP contribution in [0.4, 0.5) is 0 Å². The third kappa shape index (κ3) is 4.87. The first-order valence-corrected chi connectivity index (χ1v) is 12.1. The minimum Gasteiger partial charge on any atom is -0.351 e. The number of benzene rings is 2. The molecule has 2 aromatic carbocycles. The van der Waals surface area contributed by atoms with Crippen LogP contribution in [0.5, 0.6) is 0 Å². The fraction of sp³-hybridized carbons (Fsp3) is 0.310. The molecule has 0 aliphatic carbocycles. The van der Waals surface area contributed by atoms with Crippen molar-refractivity contribution in [2.75, 3.05) is 13.6 Å². The molecule has 6 heteroatoms. The minimum atomic E-state index is -0.109. The standard InChI is InChI=1S/C29H34N4O2/c1-20-19-32(4)25-14-9-13-23(27(20)25)29(35)33(5)24(21(2)22-11-7-6-8-12-22)16-17-30-28(34)26-15-10-18-31(26)3/h6-15,18-19,21,24H,16-17H2,1-5H3,(H,30,34). The fourth-order valence-corrected chi connectivity index (χ4v) is 5.07. The molecular formula is C29H34N4O2. The molecule has 6 nitrogen and oxygen atoms in total. The second-order valence-electron chi connectivity index (χ2n) is 9.35. The summed E-state index contributed by atoms with van der Waals surface area (Å²) in [5.41, 5.74) is 4.63. The van der Waals surface area contributed by atoms with Gasteiger partial charge in [-0.05, 0) is 48.7 Å². The quantitative estimate of drug-likeness (QED) is 0.399. The van der Waals surface area contributed by atoms with E-state index in [2.05, 4.69) is 35.1 Å². The zero-order valence-corrected chi connectivity index (χ0v) is 21.2. The van der Waals surface area contributed by atoms with Crippen molar-refractivity contribution < 1.29 is 9.59 Å². The van der Waals surface area contributed by atoms with Gasteiger partial charge in [0.15, 0.2) is 0 Å². The van der Waals surface area contributed by atoms with Crippen LogP contribution < -0.4 is 5.32 Å². The van der Waals surface area contributed by atoms with Crippen molar-refractivity contribution in [1.82, 2.24) is 19.4 Å². The molecule has 2 unspecified atom stereocenters. The molecule has 0 aliphatic heterocycles. The molecule has 1 N–H and O–H groups in total. The highest BCUT2D eigenvalue weighted by Crippen LogP contribution is 2.29. The van der Waals surface area contributed by atoms with Gasteiger partial charge < -0.3 is 19.4 Å². The average molecular weight is 471 g/mol. The maximum absolute atomic E-state index is 13.9. The summed E-state index contributed by atoms with van der Waals surface area (Å²) in [4.78, 5) is 28.4. The Morgan fingerprint density at radius 1 is 0.971 bits per heavy atom. The predicted octanol–water partition coefficient (Wildman–Crippen LogP) is 4.89. The highest BCUT2D eigenvalue weighted by atomic mass is 16.2. The molecule has 0 saturated heterocycles. The minimum absolute atomic E-state index is 0.00792. The lowest BCUT2D eigenvalue weighted by Crippen LogP contribution is -2.42. The van der Waals surface area contributed by atoms with Crippen LogP contribution in [-0.2, 0) is 14.1 Å². The number of hydrogen-bond donors (Lipinski definition) is 1. The van der Waals surface area contributed by atoms with E-state index in [1.807, 2.05) is 81.6 Å². The molecule has 2 atom stereocenters. The Labute approximate surface area is 207 Å². The van der Waals surface area contributed by atoms with Crippen molar-refractivity contribution in [3.63, 3.8) is 0 Å². The number of hydrogen-bond acceptors (Lipinski definition) is 2. The van der Waals surface area contributed by atoms with Crippen molar-refractivity contribution in [2.24, 2.45) is 14.1 Å². The first-order chi connectivity index (χ1) is 16.8. The summed E-state index contributed by atoms with van der Waals surface area (Å²) in [5, 5.41) is 4.03. The first-order valence-electron chi connectivity index (χ1n) is 12.1. The highest BCUT2D eigenvalue weighted by Gasteiger charge is 2.28. The Balaban J connectivity index is 1.59. The molecule has 2 aromatic heterocycles. The van der Waals surface area contributed by atoms with Gasteiger partial charge in [0.1, 0.15) is 5.69 Å². The Bertz CT molecular complexity index is 1340. The van der Waals surface area contributed by atoms with Crippen molar-refractivity contribution >= 4 is 22.7 Å². The van der Waals surface area contributed by atoms with Crippen molar-refractivity contribution in [2.45, 2.75) is 32.2 Å². The zero-order valence-electron chi connectivity index (χ0n) is 21.2. The first kappa shape index (κ1) is 24.3. The maximum atomic E-state index is 13.9. The Morgan fingerprint density at radius 2 is 1.71 bits per heavy atom. The molecular weight excluding hydrogens is 436 g/mol. The van der Waals surface area contributed by atoms with Gasteiger partial charge in [-0.3, -0.25) is 9.59 Å². The SMILES string of the molecule is Cc1cn(C)c2cccc(C(=O)N(C)C(CCNC(=O)c3cccn3C)C(C)c3ccccc3)c12. The Morgan fingerprint density at radius 3 is 2.40 bits per heavy atom. The van der Waals surface area contributed by atoms with Gasteiger partial charge in [0.05, 0.1) is 0 Å². The fourth-order valence-electron chi connectivity index (χ4n) is 5.07. The number of aromatic nitrogens is 2. The summed E-state index contributed by atoms with van der Waals surface area (Å²) in [6, 6.07) is 19.7. The van der Waals surface area contributed by atoms with Gasteiger partial charge in [0, 0.05) is 68.5 Å². The molecule has 35 heavy (non-hydrogen) atoms. The maximum Gasteiger partial charge on any atom is 0.267 e. The third-order valence-electron chi connectivity index (χ3n) is 7.06. The second kappa shape index (κ2) is 10.2. The van der Waals surface area contributed by atoms with Crippen LogP contribution in [-0.4, -0.2) is 45.5 Å². The van der Waals surface area contributed by atoms with Gasteiger partial charge >= 0.3 is 0 Å². The number of nitrogens with one attached hydrogen (secondary N) is 1. The summed E-state index contributed by atoms with van der Waals surface area (Å²) < 4.78 is 3.86. The summed E-state index contributed by atoms with van der Waals surface area (Å²) in [7, 11) is 5.74. The van der Waals surface area contributed by atoms with Gasteiger partial charge in [-0.15, -0.1) is 0 Å². The van der Waals surface area contributed by atoms with E-state index in [-0.39, 0.29) is 23.8 Å². The van der Waals surface area contributed by atoms with Crippen molar-refractivity contribution in [3.05, 3.63) is 95.4 Å². The summed E-state index contributed by atoms with van der Waals surface area (Å²) >= 11 is 0. The zero-order chi connectivity index (χ0) is 25.1. The molecule has 0 radical (unpaired) electrons. The second-order valence-corrected chi connectivity index (χ2v) is 9.35. The van der Waals surface area contributed by atoms with Crippen LogP contribution >= 0.6 is 0 Å². The van der Waals surface area contributed by atoms with Crippen molar-refractivity contribution in [3.8, 4) is 0 Å². The van der Waals surface area contributed by atoms with E-state index in [0.717, 1.165) is 16.5 Å². The molecule has 4 rings (SSSR count). The number of fused-ring (bicyclic) bond motifs is 1. The number of carbonyl (C=O) groups excluding carboxylic acids is 2. The number of rotatable bonds is 8. The van der Waals surface area contributed by atoms with E-state index < -0.39 is 0 Å². The number of likely N-dealkylation sites (N-methyl/N-ethyl adjacent to an activating group) is 1.